The molecule has 1 unspecified atom stereocenters. The first-order chi connectivity index (χ1) is 10.6. The molecule has 0 amide bonds. The van der Waals surface area contributed by atoms with Gasteiger partial charge in [0.25, 0.3) is 0 Å². The lowest BCUT2D eigenvalue weighted by Crippen LogP contribution is -2.08. The molecule has 0 bridgehead atoms. The van der Waals surface area contributed by atoms with E-state index >= 15 is 0 Å². The summed E-state index contributed by atoms with van der Waals surface area (Å²) >= 11 is 0. The molecule has 1 aromatic carbocycles. The van der Waals surface area contributed by atoms with E-state index in [1.165, 1.54) is 25.7 Å². The third kappa shape index (κ3) is 4.53. The minimum absolute atomic E-state index is 0.484. The number of hydrogen-bond acceptors (Lipinski definition) is 1. The van der Waals surface area contributed by atoms with E-state index in [0.29, 0.717) is 22.3 Å². The van der Waals surface area contributed by atoms with E-state index in [2.05, 4.69) is 16.6 Å². The number of benzene rings is 1. The third-order valence-corrected chi connectivity index (χ3v) is 4.74. The number of hydrogen-bond donors (Lipinski definition) is 2. The smallest absolute Gasteiger partial charge is 0.160 e. The molecule has 1 heterocycles. The molecule has 0 radical (unpaired) electrons. The molecule has 0 saturated carbocycles. The molecule has 0 aliphatic rings. The number of aromatic amines is 1. The van der Waals surface area contributed by atoms with Crippen LogP contribution in [0.2, 0.25) is 0 Å². The second-order valence-corrected chi connectivity index (χ2v) is 6.74. The number of anilines is 1. The highest BCUT2D eigenvalue weighted by Gasteiger charge is 2.10. The van der Waals surface area contributed by atoms with Crippen LogP contribution in [0, 0.1) is 11.6 Å². The molecule has 0 saturated heterocycles. The van der Waals surface area contributed by atoms with Crippen LogP contribution in [0.1, 0.15) is 45.4 Å². The lowest BCUT2D eigenvalue weighted by molar-refractivity contribution is 0.511. The highest BCUT2D eigenvalue weighted by atomic mass is 32.2. The largest absolute Gasteiger partial charge is 0.359 e. The molecule has 3 nitrogen and oxygen atoms in total. The van der Waals surface area contributed by atoms with Gasteiger partial charge in [-0.25, -0.2) is 13.0 Å². The van der Waals surface area contributed by atoms with Gasteiger partial charge >= 0.3 is 0 Å². The second kappa shape index (κ2) is 8.27. The molecule has 22 heavy (non-hydrogen) atoms. The van der Waals surface area contributed by atoms with E-state index in [1.807, 2.05) is 0 Å². The van der Waals surface area contributed by atoms with Crippen LogP contribution >= 0.6 is 0 Å². The first kappa shape index (κ1) is 16.9. The van der Waals surface area contributed by atoms with Crippen molar-refractivity contribution >= 4 is 27.6 Å². The van der Waals surface area contributed by atoms with Crippen molar-refractivity contribution < 1.29 is 13.0 Å². The Morgan fingerprint density at radius 1 is 1.09 bits per heavy atom. The van der Waals surface area contributed by atoms with Crippen molar-refractivity contribution in [1.82, 2.24) is 4.98 Å². The van der Waals surface area contributed by atoms with Gasteiger partial charge < -0.3 is 9.71 Å². The zero-order chi connectivity index (χ0) is 15.9. The van der Waals surface area contributed by atoms with E-state index < -0.39 is 22.6 Å². The monoisotopic (exact) mass is 328 g/mol. The van der Waals surface area contributed by atoms with E-state index in [1.54, 1.807) is 6.20 Å². The minimum Gasteiger partial charge on any atom is -0.359 e. The quantitative estimate of drug-likeness (QED) is 0.633. The lowest BCUT2D eigenvalue weighted by atomic mass is 10.1. The van der Waals surface area contributed by atoms with E-state index in [-0.39, 0.29) is 0 Å². The van der Waals surface area contributed by atoms with E-state index in [0.717, 1.165) is 25.0 Å². The van der Waals surface area contributed by atoms with Gasteiger partial charge in [-0.3, -0.25) is 0 Å². The fourth-order valence-electron chi connectivity index (χ4n) is 2.39. The summed E-state index contributed by atoms with van der Waals surface area (Å²) in [5.41, 5.74) is 1.02. The summed E-state index contributed by atoms with van der Waals surface area (Å²) in [4.78, 5) is 2.85. The summed E-state index contributed by atoms with van der Waals surface area (Å²) in [5.74, 6) is -1.24. The maximum atomic E-state index is 13.3. The molecule has 0 spiro atoms. The van der Waals surface area contributed by atoms with E-state index in [4.69, 9.17) is 0 Å². The van der Waals surface area contributed by atoms with E-state index in [9.17, 15) is 13.0 Å². The van der Waals surface area contributed by atoms with Crippen molar-refractivity contribution in [2.24, 2.45) is 0 Å². The number of nitrogens with one attached hydrogen (secondary N) is 2. The van der Waals surface area contributed by atoms with Crippen LogP contribution in [-0.2, 0) is 11.0 Å². The SMILES string of the molecule is CCCCCCCCS(=O)Nc1c[nH]c2cc(F)c(F)cc12. The highest BCUT2D eigenvalue weighted by molar-refractivity contribution is 7.86. The molecule has 1 aromatic heterocycles. The predicted molar refractivity (Wildman–Crippen MR) is 88.2 cm³/mol. The number of aromatic nitrogens is 1. The Hall–Kier alpha value is -1.43. The first-order valence-electron chi connectivity index (χ1n) is 7.73. The van der Waals surface area contributed by atoms with Gasteiger partial charge in [-0.1, -0.05) is 39.0 Å². The zero-order valence-corrected chi connectivity index (χ0v) is 13.6. The van der Waals surface area contributed by atoms with Gasteiger partial charge in [-0.15, -0.1) is 0 Å². The van der Waals surface area contributed by atoms with Crippen molar-refractivity contribution in [1.29, 1.82) is 0 Å². The Bertz CT molecular complexity index is 642. The summed E-state index contributed by atoms with van der Waals surface area (Å²) in [5, 5.41) is 0.509. The summed E-state index contributed by atoms with van der Waals surface area (Å²) in [7, 11) is -1.21. The Balaban J connectivity index is 1.85. The van der Waals surface area contributed by atoms with Crippen LogP contribution in [0.4, 0.5) is 14.5 Å². The van der Waals surface area contributed by atoms with Crippen LogP contribution in [0.5, 0.6) is 0 Å². The molecule has 2 N–H and O–H groups in total. The molecule has 122 valence electrons. The number of fused-ring (bicyclic) bond motifs is 1. The van der Waals surface area contributed by atoms with Gasteiger partial charge in [-0.05, 0) is 12.5 Å². The van der Waals surface area contributed by atoms with Gasteiger partial charge in [-0.2, -0.15) is 0 Å². The second-order valence-electron chi connectivity index (χ2n) is 5.43. The zero-order valence-electron chi connectivity index (χ0n) is 12.8. The van der Waals surface area contributed by atoms with Gasteiger partial charge in [0, 0.05) is 23.4 Å². The third-order valence-electron chi connectivity index (χ3n) is 3.63. The highest BCUT2D eigenvalue weighted by Crippen LogP contribution is 2.26. The molecular formula is C16H22F2N2OS. The van der Waals surface area contributed by atoms with Crippen molar-refractivity contribution in [3.8, 4) is 0 Å². The van der Waals surface area contributed by atoms with Crippen LogP contribution in [0.25, 0.3) is 10.9 Å². The van der Waals surface area contributed by atoms with Crippen molar-refractivity contribution in [3.63, 3.8) is 0 Å². The number of unbranched alkanes of at least 4 members (excludes halogenated alkanes) is 5. The average Bonchev–Trinajstić information content (AvgIpc) is 2.85. The van der Waals surface area contributed by atoms with Gasteiger partial charge in [0.05, 0.1) is 11.2 Å². The Labute approximate surface area is 132 Å². The summed E-state index contributed by atoms with van der Waals surface area (Å²) in [6.07, 6.45) is 8.41. The number of H-pyrrole nitrogens is 1. The van der Waals surface area contributed by atoms with Crippen LogP contribution in [-0.4, -0.2) is 14.9 Å². The van der Waals surface area contributed by atoms with Crippen molar-refractivity contribution in [2.75, 3.05) is 10.5 Å². The normalized spacial score (nSPS) is 12.7. The molecule has 2 rings (SSSR count). The van der Waals surface area contributed by atoms with Gasteiger partial charge in [0.15, 0.2) is 11.6 Å². The minimum atomic E-state index is -1.21. The molecule has 0 aliphatic carbocycles. The molecule has 0 aliphatic heterocycles. The van der Waals surface area contributed by atoms with Crippen molar-refractivity contribution in [3.05, 3.63) is 30.0 Å². The number of rotatable bonds is 9. The number of halogens is 2. The Morgan fingerprint density at radius 3 is 2.55 bits per heavy atom. The summed E-state index contributed by atoms with van der Waals surface area (Å²) < 4.78 is 41.3. The Kier molecular flexibility index (Phi) is 6.36. The maximum Gasteiger partial charge on any atom is 0.160 e. The van der Waals surface area contributed by atoms with Crippen molar-refractivity contribution in [2.45, 2.75) is 45.4 Å². The molecule has 6 heteroatoms. The van der Waals surface area contributed by atoms with Gasteiger partial charge in [0.2, 0.25) is 0 Å². The Morgan fingerprint density at radius 2 is 1.77 bits per heavy atom. The molecular weight excluding hydrogens is 306 g/mol. The van der Waals surface area contributed by atoms with Crippen LogP contribution < -0.4 is 4.72 Å². The maximum absolute atomic E-state index is 13.3. The topological polar surface area (TPSA) is 44.9 Å². The fourth-order valence-corrected chi connectivity index (χ4v) is 3.37. The van der Waals surface area contributed by atoms with Crippen LogP contribution in [0.15, 0.2) is 18.3 Å². The first-order valence-corrected chi connectivity index (χ1v) is 9.05. The standard InChI is InChI=1S/C16H22F2N2OS/c1-2-3-4-5-6-7-8-22(21)20-16-11-19-15-10-14(18)13(17)9-12(15)16/h9-11,19-20H,2-8H2,1H3. The average molecular weight is 328 g/mol. The molecule has 2 aromatic rings. The summed E-state index contributed by atoms with van der Waals surface area (Å²) in [6, 6.07) is 2.22. The van der Waals surface area contributed by atoms with Gasteiger partial charge in [0.1, 0.15) is 11.0 Å². The predicted octanol–water partition coefficient (Wildman–Crippen LogP) is 4.88. The summed E-state index contributed by atoms with van der Waals surface area (Å²) in [6.45, 7) is 2.18. The lowest BCUT2D eigenvalue weighted by Gasteiger charge is -2.05. The van der Waals surface area contributed by atoms with Crippen LogP contribution in [0.3, 0.4) is 0 Å². The fraction of sp³-hybridized carbons (Fsp3) is 0.500. The molecule has 0 fully saturated rings. The molecule has 1 atom stereocenters.